The van der Waals surface area contributed by atoms with Crippen molar-refractivity contribution in [3.05, 3.63) is 154 Å². The molecule has 0 saturated heterocycles. The molecular formula is C45H42N4O2. The Morgan fingerprint density at radius 2 is 1.22 bits per heavy atom. The van der Waals surface area contributed by atoms with Crippen LogP contribution in [0, 0.1) is 5.41 Å². The second-order valence-electron chi connectivity index (χ2n) is 15.6. The zero-order valence-electron chi connectivity index (χ0n) is 29.9. The van der Waals surface area contributed by atoms with E-state index in [0.29, 0.717) is 40.3 Å². The largest absolute Gasteiger partial charge is 0.507 e. The average Bonchev–Trinajstić information content (AvgIpc) is 3.79. The van der Waals surface area contributed by atoms with Crippen molar-refractivity contribution in [2.75, 3.05) is 0 Å². The summed E-state index contributed by atoms with van der Waals surface area (Å²) < 4.78 is 0. The molecule has 51 heavy (non-hydrogen) atoms. The number of allylic oxidation sites excluding steroid dienone is 3. The number of hydrogen-bond donors (Lipinski definition) is 4. The third kappa shape index (κ3) is 5.80. The lowest BCUT2D eigenvalue weighted by atomic mass is 9.77. The number of aromatic amines is 2. The van der Waals surface area contributed by atoms with Crippen LogP contribution in [0.5, 0.6) is 5.75 Å². The molecule has 0 atom stereocenters. The van der Waals surface area contributed by atoms with Gasteiger partial charge in [-0.15, -0.1) is 0 Å². The van der Waals surface area contributed by atoms with E-state index < -0.39 is 0 Å². The van der Waals surface area contributed by atoms with E-state index in [4.69, 9.17) is 9.97 Å². The monoisotopic (exact) mass is 670 g/mol. The van der Waals surface area contributed by atoms with Gasteiger partial charge in [-0.1, -0.05) is 89.6 Å². The van der Waals surface area contributed by atoms with E-state index >= 15 is 0 Å². The van der Waals surface area contributed by atoms with Crippen LogP contribution in [0.25, 0.3) is 50.6 Å². The maximum absolute atomic E-state index is 12.0. The maximum Gasteiger partial charge on any atom is 0.134 e. The second kappa shape index (κ2) is 11.9. The van der Waals surface area contributed by atoms with Crippen molar-refractivity contribution in [2.24, 2.45) is 5.41 Å². The summed E-state index contributed by atoms with van der Waals surface area (Å²) >= 11 is 0. The van der Waals surface area contributed by atoms with Gasteiger partial charge >= 0.3 is 0 Å². The highest BCUT2D eigenvalue weighted by molar-refractivity contribution is 5.88. The first kappa shape index (κ1) is 32.3. The summed E-state index contributed by atoms with van der Waals surface area (Å²) in [5.74, 6) is 0.366. The first-order valence-corrected chi connectivity index (χ1v) is 17.5. The molecule has 0 radical (unpaired) electrons. The van der Waals surface area contributed by atoms with Gasteiger partial charge in [0.15, 0.2) is 0 Å². The summed E-state index contributed by atoms with van der Waals surface area (Å²) in [7, 11) is 0. The van der Waals surface area contributed by atoms with E-state index in [2.05, 4.69) is 87.9 Å². The molecule has 0 spiro atoms. The summed E-state index contributed by atoms with van der Waals surface area (Å²) in [4.78, 5) is 17.5. The van der Waals surface area contributed by atoms with Crippen LogP contribution >= 0.6 is 0 Å². The lowest BCUT2D eigenvalue weighted by Gasteiger charge is -2.28. The molecule has 12 bridgehead atoms. The van der Waals surface area contributed by atoms with Crippen LogP contribution in [0.15, 0.2) is 121 Å². The number of aromatic nitrogens is 4. The smallest absolute Gasteiger partial charge is 0.134 e. The predicted octanol–water partition coefficient (Wildman–Crippen LogP) is 9.19. The van der Waals surface area contributed by atoms with Crippen molar-refractivity contribution in [3.63, 3.8) is 0 Å². The van der Waals surface area contributed by atoms with Gasteiger partial charge in [0, 0.05) is 49.9 Å². The number of phenols is 1. The molecule has 8 rings (SSSR count). The van der Waals surface area contributed by atoms with Crippen molar-refractivity contribution < 1.29 is 10.2 Å². The predicted molar refractivity (Wildman–Crippen MR) is 206 cm³/mol. The number of aliphatic hydroxyl groups is 1. The first-order valence-electron chi connectivity index (χ1n) is 17.5. The number of pyridine rings is 2. The van der Waals surface area contributed by atoms with Crippen LogP contribution < -0.4 is 10.7 Å². The Hall–Kier alpha value is -5.88. The van der Waals surface area contributed by atoms with Crippen molar-refractivity contribution in [1.29, 1.82) is 0 Å². The minimum atomic E-state index is -0.192. The highest BCUT2D eigenvalue weighted by Crippen LogP contribution is 2.43. The minimum Gasteiger partial charge on any atom is -0.507 e. The molecule has 4 aromatic heterocycles. The number of H-pyrrole nitrogens is 2. The molecule has 4 N–H and O–H groups in total. The van der Waals surface area contributed by atoms with Gasteiger partial charge in [-0.2, -0.15) is 0 Å². The van der Waals surface area contributed by atoms with Gasteiger partial charge in [-0.05, 0) is 95.1 Å². The van der Waals surface area contributed by atoms with Crippen LogP contribution in [-0.2, 0) is 5.41 Å². The Labute approximate surface area is 298 Å². The average molecular weight is 671 g/mol. The number of nitrogens with zero attached hydrogens (tertiary/aromatic N) is 2. The highest BCUT2D eigenvalue weighted by Gasteiger charge is 2.28. The molecule has 2 aromatic carbocycles. The number of aromatic hydroxyl groups is 1. The van der Waals surface area contributed by atoms with E-state index in [1.807, 2.05) is 72.8 Å². The first-order chi connectivity index (χ1) is 24.3. The molecule has 6 aromatic rings. The quantitative estimate of drug-likeness (QED) is 0.140. The molecular weight excluding hydrogens is 629 g/mol. The topological polar surface area (TPSA) is 97.8 Å². The molecule has 1 aliphatic heterocycles. The summed E-state index contributed by atoms with van der Waals surface area (Å²) in [5.41, 5.74) is 11.2. The van der Waals surface area contributed by atoms with E-state index in [-0.39, 0.29) is 22.3 Å². The van der Waals surface area contributed by atoms with Crippen molar-refractivity contribution in [3.8, 4) is 39.7 Å². The van der Waals surface area contributed by atoms with Gasteiger partial charge in [0.1, 0.15) is 11.5 Å². The molecule has 0 saturated carbocycles. The standard InChI is InChI=1S/C45H42N4O2/c1-44(2,3)27-22-29-33-14-10-16-37(46-33)38-17-11-15-34(47-38)30-23-28(45(4,5)6)25-32(43(30)51)36-19-21-40(49-36)41(26-12-8-7-9-13-26)39-20-18-35(48-39)31(24-27)42(29)50/h7-22,24-25,48-51H,23H2,1-6H3. The van der Waals surface area contributed by atoms with E-state index in [1.165, 1.54) is 5.57 Å². The molecule has 0 unspecified atom stereocenters. The third-order valence-corrected chi connectivity index (χ3v) is 10.1. The minimum absolute atomic E-state index is 0.140. The van der Waals surface area contributed by atoms with Crippen LogP contribution in [0.2, 0.25) is 0 Å². The number of fused-ring (bicyclic) bond motifs is 15. The Kier molecular flexibility index (Phi) is 7.53. The van der Waals surface area contributed by atoms with Crippen molar-refractivity contribution in [1.82, 2.24) is 19.9 Å². The zero-order valence-corrected chi connectivity index (χ0v) is 29.9. The number of aliphatic hydroxyl groups excluding tert-OH is 1. The van der Waals surface area contributed by atoms with Gasteiger partial charge in [0.25, 0.3) is 0 Å². The number of phenolic OH excluding ortho intramolecular Hbond substituents is 1. The Bertz CT molecular complexity index is 2530. The van der Waals surface area contributed by atoms with Crippen LogP contribution in [-0.4, -0.2) is 30.1 Å². The SMILES string of the molecule is CC(C)(C)C1=CC2=c3ccc([nH]3)=C(c3ccccc3)c3ccc([nH]3)-c3cc(C(C)(C)C)cc(c3O)-c3cccc(n3)-c3cccc(n3)C(=C2O)C1. The Balaban J connectivity index is 1.50. The molecule has 6 heteroatoms. The van der Waals surface area contributed by atoms with Gasteiger partial charge in [0.05, 0.1) is 22.8 Å². The molecule has 6 nitrogen and oxygen atoms in total. The Morgan fingerprint density at radius 3 is 1.92 bits per heavy atom. The Morgan fingerprint density at radius 1 is 0.588 bits per heavy atom. The van der Waals surface area contributed by atoms with E-state index in [0.717, 1.165) is 49.9 Å². The van der Waals surface area contributed by atoms with Gasteiger partial charge < -0.3 is 20.2 Å². The fourth-order valence-corrected chi connectivity index (χ4v) is 7.03. The maximum atomic E-state index is 12.0. The molecule has 0 amide bonds. The van der Waals surface area contributed by atoms with Crippen molar-refractivity contribution >= 4 is 16.7 Å². The third-order valence-electron chi connectivity index (χ3n) is 10.1. The number of benzene rings is 2. The highest BCUT2D eigenvalue weighted by atomic mass is 16.3. The van der Waals surface area contributed by atoms with E-state index in [1.54, 1.807) is 0 Å². The lowest BCUT2D eigenvalue weighted by Crippen LogP contribution is -2.20. The number of nitrogens with one attached hydrogen (secondary N) is 2. The van der Waals surface area contributed by atoms with Crippen LogP contribution in [0.4, 0.5) is 0 Å². The lowest BCUT2D eigenvalue weighted by molar-refractivity contribution is 0.432. The molecule has 5 heterocycles. The summed E-state index contributed by atoms with van der Waals surface area (Å²) in [6, 6.07) is 34.3. The normalized spacial score (nSPS) is 14.5. The zero-order chi connectivity index (χ0) is 35.7. The van der Waals surface area contributed by atoms with Gasteiger partial charge in [-0.25, -0.2) is 9.97 Å². The second-order valence-corrected chi connectivity index (χ2v) is 15.6. The molecule has 254 valence electrons. The van der Waals surface area contributed by atoms with Gasteiger partial charge in [0.2, 0.25) is 0 Å². The molecule has 0 fully saturated rings. The molecule has 2 aliphatic rings. The van der Waals surface area contributed by atoms with Crippen LogP contribution in [0.3, 0.4) is 0 Å². The number of rotatable bonds is 1. The summed E-state index contributed by atoms with van der Waals surface area (Å²) in [6.07, 6.45) is 2.70. The van der Waals surface area contributed by atoms with Gasteiger partial charge in [-0.3, -0.25) is 0 Å². The number of hydrogen-bond acceptors (Lipinski definition) is 4. The van der Waals surface area contributed by atoms with Crippen molar-refractivity contribution in [2.45, 2.75) is 53.4 Å². The summed E-state index contributed by atoms with van der Waals surface area (Å²) in [6.45, 7) is 13.1. The van der Waals surface area contributed by atoms with Crippen LogP contribution in [0.1, 0.15) is 70.5 Å². The molecule has 1 aliphatic carbocycles. The summed E-state index contributed by atoms with van der Waals surface area (Å²) in [5, 5.41) is 25.8. The fourth-order valence-electron chi connectivity index (χ4n) is 7.03. The fraction of sp³-hybridized carbons (Fsp3) is 0.200. The van der Waals surface area contributed by atoms with E-state index in [9.17, 15) is 10.2 Å².